The molecule has 0 radical (unpaired) electrons. The Morgan fingerprint density at radius 1 is 1.33 bits per heavy atom. The molecule has 2 N–H and O–H groups in total. The van der Waals surface area contributed by atoms with Gasteiger partial charge >= 0.3 is 0 Å². The number of nitrogens with two attached hydrogens (primary N) is 1. The molecule has 1 saturated heterocycles. The molecule has 0 aliphatic carbocycles. The van der Waals surface area contributed by atoms with Crippen LogP contribution in [0.2, 0.25) is 0 Å². The summed E-state index contributed by atoms with van der Waals surface area (Å²) in [6, 6.07) is 11.2. The number of methoxy groups -OCH3 is 1. The van der Waals surface area contributed by atoms with Crippen molar-refractivity contribution in [3.05, 3.63) is 35.9 Å². The molecule has 0 amide bonds. The topological polar surface area (TPSA) is 38.5 Å². The SMILES string of the molecule is COCC(C)N1C[C@@H](CN)[C@H](c2ccccc2)C1. The van der Waals surface area contributed by atoms with Crippen molar-refractivity contribution in [2.75, 3.05) is 33.4 Å². The second-order valence-electron chi connectivity index (χ2n) is 5.27. The number of likely N-dealkylation sites (tertiary alicyclic amines) is 1. The van der Waals surface area contributed by atoms with Crippen LogP contribution in [0.4, 0.5) is 0 Å². The summed E-state index contributed by atoms with van der Waals surface area (Å²) >= 11 is 0. The zero-order chi connectivity index (χ0) is 13.0. The van der Waals surface area contributed by atoms with Gasteiger partial charge in [-0.25, -0.2) is 0 Å². The Labute approximate surface area is 110 Å². The van der Waals surface area contributed by atoms with Gasteiger partial charge in [0.15, 0.2) is 0 Å². The van der Waals surface area contributed by atoms with E-state index in [1.54, 1.807) is 7.11 Å². The Morgan fingerprint density at radius 3 is 2.67 bits per heavy atom. The first-order chi connectivity index (χ1) is 8.76. The third kappa shape index (κ3) is 2.91. The second kappa shape index (κ2) is 6.32. The molecule has 0 saturated carbocycles. The van der Waals surface area contributed by atoms with E-state index in [4.69, 9.17) is 10.5 Å². The van der Waals surface area contributed by atoms with Gasteiger partial charge in [-0.15, -0.1) is 0 Å². The molecule has 0 spiro atoms. The highest BCUT2D eigenvalue weighted by molar-refractivity contribution is 5.22. The smallest absolute Gasteiger partial charge is 0.0615 e. The summed E-state index contributed by atoms with van der Waals surface area (Å²) in [6.45, 7) is 5.95. The van der Waals surface area contributed by atoms with Gasteiger partial charge in [0.1, 0.15) is 0 Å². The van der Waals surface area contributed by atoms with E-state index in [1.165, 1.54) is 5.56 Å². The highest BCUT2D eigenvalue weighted by atomic mass is 16.5. The van der Waals surface area contributed by atoms with E-state index in [2.05, 4.69) is 42.2 Å². The van der Waals surface area contributed by atoms with E-state index in [9.17, 15) is 0 Å². The van der Waals surface area contributed by atoms with E-state index in [1.807, 2.05) is 0 Å². The average Bonchev–Trinajstić information content (AvgIpc) is 2.84. The summed E-state index contributed by atoms with van der Waals surface area (Å²) in [5.74, 6) is 1.13. The van der Waals surface area contributed by atoms with E-state index >= 15 is 0 Å². The van der Waals surface area contributed by atoms with Crippen LogP contribution in [0.5, 0.6) is 0 Å². The molecule has 0 aromatic heterocycles. The van der Waals surface area contributed by atoms with Crippen molar-refractivity contribution < 1.29 is 4.74 Å². The minimum absolute atomic E-state index is 0.470. The van der Waals surface area contributed by atoms with Crippen molar-refractivity contribution in [1.29, 1.82) is 0 Å². The van der Waals surface area contributed by atoms with Crippen molar-refractivity contribution in [2.24, 2.45) is 11.7 Å². The van der Waals surface area contributed by atoms with Gasteiger partial charge < -0.3 is 10.5 Å². The summed E-state index contributed by atoms with van der Waals surface area (Å²) in [5.41, 5.74) is 7.36. The lowest BCUT2D eigenvalue weighted by Crippen LogP contribution is -2.35. The molecule has 1 heterocycles. The highest BCUT2D eigenvalue weighted by Gasteiger charge is 2.34. The van der Waals surface area contributed by atoms with Crippen LogP contribution in [-0.4, -0.2) is 44.3 Å². The molecule has 100 valence electrons. The number of benzene rings is 1. The predicted molar refractivity (Wildman–Crippen MR) is 74.6 cm³/mol. The number of hydrogen-bond donors (Lipinski definition) is 1. The Bertz CT molecular complexity index is 355. The van der Waals surface area contributed by atoms with Gasteiger partial charge in [-0.1, -0.05) is 30.3 Å². The lowest BCUT2D eigenvalue weighted by atomic mass is 9.89. The zero-order valence-electron chi connectivity index (χ0n) is 11.4. The fraction of sp³-hybridized carbons (Fsp3) is 0.600. The van der Waals surface area contributed by atoms with Gasteiger partial charge in [0.2, 0.25) is 0 Å². The molecule has 1 fully saturated rings. The average molecular weight is 248 g/mol. The summed E-state index contributed by atoms with van der Waals surface area (Å²) in [5, 5.41) is 0. The predicted octanol–water partition coefficient (Wildman–Crippen LogP) is 1.70. The van der Waals surface area contributed by atoms with Crippen LogP contribution >= 0.6 is 0 Å². The van der Waals surface area contributed by atoms with E-state index in [0.29, 0.717) is 17.9 Å². The van der Waals surface area contributed by atoms with Crippen LogP contribution in [0, 0.1) is 5.92 Å². The minimum Gasteiger partial charge on any atom is -0.383 e. The lowest BCUT2D eigenvalue weighted by Gasteiger charge is -2.23. The number of hydrogen-bond acceptors (Lipinski definition) is 3. The maximum atomic E-state index is 5.94. The Balaban J connectivity index is 2.07. The van der Waals surface area contributed by atoms with Gasteiger partial charge in [0, 0.05) is 32.2 Å². The fourth-order valence-corrected chi connectivity index (χ4v) is 2.93. The fourth-order valence-electron chi connectivity index (χ4n) is 2.93. The molecule has 18 heavy (non-hydrogen) atoms. The van der Waals surface area contributed by atoms with Crippen molar-refractivity contribution in [1.82, 2.24) is 4.90 Å². The van der Waals surface area contributed by atoms with E-state index in [-0.39, 0.29) is 0 Å². The number of rotatable bonds is 5. The van der Waals surface area contributed by atoms with Crippen LogP contribution < -0.4 is 5.73 Å². The Morgan fingerprint density at radius 2 is 2.06 bits per heavy atom. The van der Waals surface area contributed by atoms with Crippen LogP contribution in [-0.2, 0) is 4.74 Å². The molecule has 1 aromatic rings. The summed E-state index contributed by atoms with van der Waals surface area (Å²) in [7, 11) is 1.77. The molecule has 2 rings (SSSR count). The zero-order valence-corrected chi connectivity index (χ0v) is 11.4. The van der Waals surface area contributed by atoms with E-state index in [0.717, 1.165) is 26.2 Å². The van der Waals surface area contributed by atoms with Gasteiger partial charge in [0.25, 0.3) is 0 Å². The number of nitrogens with zero attached hydrogens (tertiary/aromatic N) is 1. The van der Waals surface area contributed by atoms with Crippen LogP contribution in [0.15, 0.2) is 30.3 Å². The minimum atomic E-state index is 0.470. The molecule has 1 aromatic carbocycles. The maximum Gasteiger partial charge on any atom is 0.0615 e. The summed E-state index contributed by atoms with van der Waals surface area (Å²) < 4.78 is 5.25. The van der Waals surface area contributed by atoms with Crippen molar-refractivity contribution in [3.63, 3.8) is 0 Å². The highest BCUT2D eigenvalue weighted by Crippen LogP contribution is 2.32. The van der Waals surface area contributed by atoms with E-state index < -0.39 is 0 Å². The van der Waals surface area contributed by atoms with Crippen molar-refractivity contribution >= 4 is 0 Å². The first-order valence-corrected chi connectivity index (χ1v) is 6.74. The van der Waals surface area contributed by atoms with Crippen LogP contribution in [0.25, 0.3) is 0 Å². The molecule has 1 aliphatic heterocycles. The van der Waals surface area contributed by atoms with Crippen LogP contribution in [0.3, 0.4) is 0 Å². The van der Waals surface area contributed by atoms with Gasteiger partial charge in [-0.05, 0) is 24.9 Å². The second-order valence-corrected chi connectivity index (χ2v) is 5.27. The maximum absolute atomic E-state index is 5.94. The normalized spacial score (nSPS) is 26.4. The Hall–Kier alpha value is -0.900. The van der Waals surface area contributed by atoms with Gasteiger partial charge in [-0.3, -0.25) is 4.90 Å². The molecule has 3 nitrogen and oxygen atoms in total. The summed E-state index contributed by atoms with van der Waals surface area (Å²) in [4.78, 5) is 2.50. The van der Waals surface area contributed by atoms with Gasteiger partial charge in [-0.2, -0.15) is 0 Å². The first kappa shape index (κ1) is 13.5. The summed E-state index contributed by atoms with van der Waals surface area (Å²) in [6.07, 6.45) is 0. The van der Waals surface area contributed by atoms with Crippen molar-refractivity contribution in [2.45, 2.75) is 18.9 Å². The largest absolute Gasteiger partial charge is 0.383 e. The van der Waals surface area contributed by atoms with Crippen molar-refractivity contribution in [3.8, 4) is 0 Å². The molecular formula is C15H24N2O. The Kier molecular flexibility index (Phi) is 4.75. The number of ether oxygens (including phenoxy) is 1. The third-order valence-corrected chi connectivity index (χ3v) is 4.03. The molecule has 1 aliphatic rings. The first-order valence-electron chi connectivity index (χ1n) is 6.74. The molecule has 0 bridgehead atoms. The lowest BCUT2D eigenvalue weighted by molar-refractivity contribution is 0.112. The third-order valence-electron chi connectivity index (χ3n) is 4.03. The quantitative estimate of drug-likeness (QED) is 0.862. The molecule has 1 unspecified atom stereocenters. The standard InChI is InChI=1S/C15H24N2O/c1-12(11-18-2)17-9-14(8-16)15(10-17)13-6-4-3-5-7-13/h3-7,12,14-15H,8-11,16H2,1-2H3/t12?,14-,15+/m1/s1. The van der Waals surface area contributed by atoms with Gasteiger partial charge in [0.05, 0.1) is 6.61 Å². The molecular weight excluding hydrogens is 224 g/mol. The molecule has 3 heteroatoms. The van der Waals surface area contributed by atoms with Crippen LogP contribution in [0.1, 0.15) is 18.4 Å². The monoisotopic (exact) mass is 248 g/mol. The molecule has 3 atom stereocenters.